The summed E-state index contributed by atoms with van der Waals surface area (Å²) < 4.78 is 16.6. The summed E-state index contributed by atoms with van der Waals surface area (Å²) in [6.07, 6.45) is 1.67. The number of fused-ring (bicyclic) bond motifs is 1. The normalized spacial score (nSPS) is 13.6. The van der Waals surface area contributed by atoms with Crippen molar-refractivity contribution in [1.29, 1.82) is 0 Å². The second kappa shape index (κ2) is 12.4. The molecule has 1 aliphatic heterocycles. The summed E-state index contributed by atoms with van der Waals surface area (Å²) in [6.45, 7) is 5.50. The van der Waals surface area contributed by atoms with E-state index in [0.29, 0.717) is 35.1 Å². The van der Waals surface area contributed by atoms with Gasteiger partial charge < -0.3 is 24.1 Å². The van der Waals surface area contributed by atoms with Gasteiger partial charge in [-0.3, -0.25) is 9.69 Å². The molecule has 218 valence electrons. The minimum Gasteiger partial charge on any atom is -0.478 e. The fourth-order valence-electron chi connectivity index (χ4n) is 5.19. The van der Waals surface area contributed by atoms with Gasteiger partial charge in [-0.15, -0.1) is 0 Å². The lowest BCUT2D eigenvalue weighted by atomic mass is 10.0. The van der Waals surface area contributed by atoms with E-state index in [9.17, 15) is 9.59 Å². The van der Waals surface area contributed by atoms with Gasteiger partial charge in [0.05, 0.1) is 24.6 Å². The predicted octanol–water partition coefficient (Wildman–Crippen LogP) is 6.00. The standard InChI is InChI=1S/C34H32N4O5/c1-23-29-20-25(24-7-4-3-5-8-24)11-13-30(29)43-32(23)33(39)36-27-12-14-31(35-21-27)38-17-15-37(16-18-38)22-42-28-10-6-9-26(19-28)34(40)41-2/h3-14,19-21H,15-18,22H2,1-2H3,(H,36,39). The van der Waals surface area contributed by atoms with Crippen molar-refractivity contribution < 1.29 is 23.5 Å². The van der Waals surface area contributed by atoms with Crippen molar-refractivity contribution in [3.05, 3.63) is 108 Å². The number of anilines is 2. The lowest BCUT2D eigenvalue weighted by molar-refractivity contribution is 0.0599. The highest BCUT2D eigenvalue weighted by Gasteiger charge is 2.21. The third kappa shape index (κ3) is 6.22. The molecule has 9 nitrogen and oxygen atoms in total. The summed E-state index contributed by atoms with van der Waals surface area (Å²) in [5.74, 6) is 1.06. The lowest BCUT2D eigenvalue weighted by Crippen LogP contribution is -2.47. The number of hydrogen-bond acceptors (Lipinski definition) is 8. The van der Waals surface area contributed by atoms with Crippen molar-refractivity contribution in [2.45, 2.75) is 6.92 Å². The summed E-state index contributed by atoms with van der Waals surface area (Å²) in [5.41, 5.74) is 4.71. The molecule has 0 spiro atoms. The van der Waals surface area contributed by atoms with Crippen molar-refractivity contribution in [3.8, 4) is 16.9 Å². The van der Waals surface area contributed by atoms with Crippen LogP contribution in [-0.4, -0.2) is 61.8 Å². The van der Waals surface area contributed by atoms with Crippen LogP contribution in [0.3, 0.4) is 0 Å². The zero-order valence-electron chi connectivity index (χ0n) is 24.1. The summed E-state index contributed by atoms with van der Waals surface area (Å²) in [7, 11) is 1.36. The summed E-state index contributed by atoms with van der Waals surface area (Å²) in [4.78, 5) is 33.9. The van der Waals surface area contributed by atoms with E-state index in [1.807, 2.05) is 55.5 Å². The Labute approximate surface area is 249 Å². The van der Waals surface area contributed by atoms with Crippen LogP contribution < -0.4 is 15.0 Å². The Morgan fingerprint density at radius 3 is 2.47 bits per heavy atom. The molecule has 0 unspecified atom stereocenters. The van der Waals surface area contributed by atoms with Gasteiger partial charge in [-0.25, -0.2) is 9.78 Å². The zero-order valence-corrected chi connectivity index (χ0v) is 24.1. The summed E-state index contributed by atoms with van der Waals surface area (Å²) in [5, 5.41) is 3.84. The van der Waals surface area contributed by atoms with E-state index < -0.39 is 0 Å². The zero-order chi connectivity index (χ0) is 29.8. The molecule has 0 radical (unpaired) electrons. The molecule has 1 aliphatic rings. The van der Waals surface area contributed by atoms with Gasteiger partial charge >= 0.3 is 5.97 Å². The van der Waals surface area contributed by atoms with E-state index >= 15 is 0 Å². The van der Waals surface area contributed by atoms with Crippen LogP contribution in [0.2, 0.25) is 0 Å². The van der Waals surface area contributed by atoms with Gasteiger partial charge in [-0.05, 0) is 60.5 Å². The minimum absolute atomic E-state index is 0.291. The fraction of sp³-hybridized carbons (Fsp3) is 0.206. The Morgan fingerprint density at radius 1 is 0.907 bits per heavy atom. The number of nitrogens with one attached hydrogen (secondary N) is 1. The first-order chi connectivity index (χ1) is 21.0. The van der Waals surface area contributed by atoms with Gasteiger partial charge in [0.15, 0.2) is 5.76 Å². The van der Waals surface area contributed by atoms with Crippen molar-refractivity contribution in [3.63, 3.8) is 0 Å². The van der Waals surface area contributed by atoms with Crippen LogP contribution in [0.15, 0.2) is 95.5 Å². The van der Waals surface area contributed by atoms with E-state index in [2.05, 4.69) is 38.3 Å². The Balaban J connectivity index is 1.03. The van der Waals surface area contributed by atoms with Gasteiger partial charge in [0, 0.05) is 37.1 Å². The number of hydrogen-bond donors (Lipinski definition) is 1. The van der Waals surface area contributed by atoms with Crippen LogP contribution in [0.5, 0.6) is 5.75 Å². The average Bonchev–Trinajstić information content (AvgIpc) is 3.40. The molecule has 6 rings (SSSR count). The number of pyridine rings is 1. The third-order valence-electron chi connectivity index (χ3n) is 7.62. The maximum atomic E-state index is 13.1. The number of aryl methyl sites for hydroxylation is 1. The number of nitrogens with zero attached hydrogens (tertiary/aromatic N) is 3. The Bertz CT molecular complexity index is 1740. The van der Waals surface area contributed by atoms with Crippen LogP contribution in [-0.2, 0) is 4.74 Å². The number of esters is 1. The van der Waals surface area contributed by atoms with E-state index in [4.69, 9.17) is 13.9 Å². The Morgan fingerprint density at radius 2 is 1.72 bits per heavy atom. The molecule has 2 aromatic heterocycles. The highest BCUT2D eigenvalue weighted by Crippen LogP contribution is 2.31. The molecule has 5 aromatic rings. The van der Waals surface area contributed by atoms with E-state index in [0.717, 1.165) is 54.1 Å². The first kappa shape index (κ1) is 28.0. The number of benzene rings is 3. The number of rotatable bonds is 8. The summed E-state index contributed by atoms with van der Waals surface area (Å²) in [6, 6.07) is 26.8. The molecule has 0 saturated carbocycles. The molecule has 1 saturated heterocycles. The lowest BCUT2D eigenvalue weighted by Gasteiger charge is -2.35. The number of aromatic nitrogens is 1. The second-order valence-corrected chi connectivity index (χ2v) is 10.4. The number of methoxy groups -OCH3 is 1. The SMILES string of the molecule is COC(=O)c1cccc(OCN2CCN(c3ccc(NC(=O)c4oc5ccc(-c6ccccc6)cc5c4C)cn3)CC2)c1. The molecule has 3 heterocycles. The van der Waals surface area contributed by atoms with Crippen LogP contribution in [0, 0.1) is 6.92 Å². The number of furan rings is 1. The molecule has 1 N–H and O–H groups in total. The molecule has 1 amide bonds. The molecular formula is C34H32N4O5. The van der Waals surface area contributed by atoms with Crippen LogP contribution in [0.25, 0.3) is 22.1 Å². The van der Waals surface area contributed by atoms with Crippen molar-refractivity contribution in [2.75, 3.05) is 50.2 Å². The van der Waals surface area contributed by atoms with Gasteiger partial charge in [-0.2, -0.15) is 0 Å². The Hall–Kier alpha value is -5.15. The smallest absolute Gasteiger partial charge is 0.337 e. The monoisotopic (exact) mass is 576 g/mol. The number of piperazine rings is 1. The molecule has 1 fully saturated rings. The maximum Gasteiger partial charge on any atom is 0.337 e. The van der Waals surface area contributed by atoms with Crippen molar-refractivity contribution in [1.82, 2.24) is 9.88 Å². The highest BCUT2D eigenvalue weighted by molar-refractivity contribution is 6.06. The van der Waals surface area contributed by atoms with Crippen molar-refractivity contribution in [2.24, 2.45) is 0 Å². The molecular weight excluding hydrogens is 544 g/mol. The van der Waals surface area contributed by atoms with Crippen LogP contribution in [0.4, 0.5) is 11.5 Å². The van der Waals surface area contributed by atoms with Gasteiger partial charge in [-0.1, -0.05) is 42.5 Å². The topological polar surface area (TPSA) is 97.1 Å². The first-order valence-corrected chi connectivity index (χ1v) is 14.1. The Kier molecular flexibility index (Phi) is 8.06. The van der Waals surface area contributed by atoms with Crippen LogP contribution >= 0.6 is 0 Å². The predicted molar refractivity (Wildman–Crippen MR) is 166 cm³/mol. The maximum absolute atomic E-state index is 13.1. The first-order valence-electron chi connectivity index (χ1n) is 14.1. The largest absolute Gasteiger partial charge is 0.478 e. The van der Waals surface area contributed by atoms with Gasteiger partial charge in [0.1, 0.15) is 23.9 Å². The average molecular weight is 577 g/mol. The van der Waals surface area contributed by atoms with Gasteiger partial charge in [0.2, 0.25) is 0 Å². The summed E-state index contributed by atoms with van der Waals surface area (Å²) >= 11 is 0. The fourth-order valence-corrected chi connectivity index (χ4v) is 5.19. The molecule has 3 aromatic carbocycles. The number of ether oxygens (including phenoxy) is 2. The quantitative estimate of drug-likeness (QED) is 0.225. The highest BCUT2D eigenvalue weighted by atomic mass is 16.5. The third-order valence-corrected chi connectivity index (χ3v) is 7.62. The minimum atomic E-state index is -0.389. The van der Waals surface area contributed by atoms with E-state index in [1.165, 1.54) is 7.11 Å². The van der Waals surface area contributed by atoms with Gasteiger partial charge in [0.25, 0.3) is 5.91 Å². The molecule has 9 heteroatoms. The molecule has 0 bridgehead atoms. The number of carbonyl (C=O) groups is 2. The molecule has 43 heavy (non-hydrogen) atoms. The molecule has 0 atom stereocenters. The number of amides is 1. The second-order valence-electron chi connectivity index (χ2n) is 10.4. The number of carbonyl (C=O) groups excluding carboxylic acids is 2. The van der Waals surface area contributed by atoms with E-state index in [-0.39, 0.29) is 11.9 Å². The van der Waals surface area contributed by atoms with E-state index in [1.54, 1.807) is 24.4 Å². The van der Waals surface area contributed by atoms with Crippen LogP contribution in [0.1, 0.15) is 26.5 Å². The molecule has 0 aliphatic carbocycles. The van der Waals surface area contributed by atoms with Crippen molar-refractivity contribution >= 4 is 34.4 Å².